The largest absolute Gasteiger partial charge is 0.395 e. The van der Waals surface area contributed by atoms with Gasteiger partial charge in [-0.25, -0.2) is 0 Å². The standard InChI is InChI=1S/C12H19N3O4.ClH/c1-2-9(8-17)14-10-3-4-11(13-5-6-16)12(7-10)15(18)19;/h3-4,7,9,13-14,16-17H,2,5-6,8H2,1H3;1H. The van der Waals surface area contributed by atoms with Crippen molar-refractivity contribution >= 4 is 29.5 Å². The van der Waals surface area contributed by atoms with E-state index in [1.165, 1.54) is 6.07 Å². The summed E-state index contributed by atoms with van der Waals surface area (Å²) in [6.45, 7) is 2.04. The normalized spacial score (nSPS) is 11.3. The molecule has 20 heavy (non-hydrogen) atoms. The van der Waals surface area contributed by atoms with Gasteiger partial charge in [-0.2, -0.15) is 0 Å². The monoisotopic (exact) mass is 305 g/mol. The number of benzene rings is 1. The lowest BCUT2D eigenvalue weighted by molar-refractivity contribution is -0.383. The lowest BCUT2D eigenvalue weighted by Crippen LogP contribution is -2.22. The highest BCUT2D eigenvalue weighted by Crippen LogP contribution is 2.28. The van der Waals surface area contributed by atoms with E-state index in [0.29, 0.717) is 11.4 Å². The van der Waals surface area contributed by atoms with Crippen molar-refractivity contribution in [2.75, 3.05) is 30.4 Å². The van der Waals surface area contributed by atoms with Crippen LogP contribution >= 0.6 is 12.4 Å². The molecule has 0 heterocycles. The van der Waals surface area contributed by atoms with E-state index < -0.39 is 4.92 Å². The van der Waals surface area contributed by atoms with E-state index in [1.54, 1.807) is 12.1 Å². The molecule has 0 fully saturated rings. The molecule has 114 valence electrons. The molecule has 4 N–H and O–H groups in total. The average Bonchev–Trinajstić information content (AvgIpc) is 2.42. The van der Waals surface area contributed by atoms with Crippen molar-refractivity contribution in [2.24, 2.45) is 0 Å². The fourth-order valence-corrected chi connectivity index (χ4v) is 1.63. The number of anilines is 2. The van der Waals surface area contributed by atoms with Crippen LogP contribution in [0, 0.1) is 10.1 Å². The Kier molecular flexibility index (Phi) is 8.62. The number of halogens is 1. The van der Waals surface area contributed by atoms with E-state index in [-0.39, 0.29) is 43.9 Å². The quantitative estimate of drug-likeness (QED) is 0.429. The summed E-state index contributed by atoms with van der Waals surface area (Å²) in [6, 6.07) is 4.57. The Labute approximate surface area is 123 Å². The molecule has 0 saturated carbocycles. The van der Waals surface area contributed by atoms with Crippen LogP contribution < -0.4 is 10.6 Å². The van der Waals surface area contributed by atoms with Crippen molar-refractivity contribution in [3.05, 3.63) is 28.3 Å². The third kappa shape index (κ3) is 5.20. The smallest absolute Gasteiger partial charge is 0.294 e. The summed E-state index contributed by atoms with van der Waals surface area (Å²) < 4.78 is 0. The zero-order chi connectivity index (χ0) is 14.3. The lowest BCUT2D eigenvalue weighted by atomic mass is 10.2. The second kappa shape index (κ2) is 9.35. The van der Waals surface area contributed by atoms with Crippen LogP contribution in [0.15, 0.2) is 18.2 Å². The first-order valence-electron chi connectivity index (χ1n) is 6.13. The zero-order valence-electron chi connectivity index (χ0n) is 11.2. The molecule has 0 aliphatic heterocycles. The van der Waals surface area contributed by atoms with Gasteiger partial charge in [0.15, 0.2) is 0 Å². The summed E-state index contributed by atoms with van der Waals surface area (Å²) in [7, 11) is 0. The highest BCUT2D eigenvalue weighted by atomic mass is 35.5. The Hall–Kier alpha value is -1.57. The van der Waals surface area contributed by atoms with Gasteiger partial charge < -0.3 is 20.8 Å². The minimum absolute atomic E-state index is 0. The third-order valence-electron chi connectivity index (χ3n) is 2.71. The highest BCUT2D eigenvalue weighted by Gasteiger charge is 2.15. The summed E-state index contributed by atoms with van der Waals surface area (Å²) in [6.07, 6.45) is 0.717. The average molecular weight is 306 g/mol. The molecule has 1 aromatic rings. The first-order chi connectivity index (χ1) is 9.12. The number of hydrogen-bond donors (Lipinski definition) is 4. The summed E-state index contributed by atoms with van der Waals surface area (Å²) in [5.41, 5.74) is 0.884. The highest BCUT2D eigenvalue weighted by molar-refractivity contribution is 5.85. The van der Waals surface area contributed by atoms with Gasteiger partial charge in [0, 0.05) is 24.3 Å². The number of hydrogen-bond acceptors (Lipinski definition) is 6. The van der Waals surface area contributed by atoms with Gasteiger partial charge in [-0.3, -0.25) is 10.1 Å². The van der Waals surface area contributed by atoms with Crippen LogP contribution in [0.5, 0.6) is 0 Å². The maximum absolute atomic E-state index is 11.0. The van der Waals surface area contributed by atoms with Crippen molar-refractivity contribution in [1.82, 2.24) is 0 Å². The fourth-order valence-electron chi connectivity index (χ4n) is 1.63. The molecular formula is C12H20ClN3O4. The van der Waals surface area contributed by atoms with Crippen LogP contribution in [0.3, 0.4) is 0 Å². The Balaban J connectivity index is 0.00000361. The molecule has 7 nitrogen and oxygen atoms in total. The van der Waals surface area contributed by atoms with Crippen molar-refractivity contribution in [1.29, 1.82) is 0 Å². The molecule has 0 aliphatic rings. The predicted octanol–water partition coefficient (Wildman–Crippen LogP) is 1.60. The molecule has 0 saturated heterocycles. The summed E-state index contributed by atoms with van der Waals surface area (Å²) in [5, 5.41) is 34.6. The summed E-state index contributed by atoms with van der Waals surface area (Å²) in [4.78, 5) is 10.5. The predicted molar refractivity (Wildman–Crippen MR) is 80.7 cm³/mol. The fraction of sp³-hybridized carbons (Fsp3) is 0.500. The van der Waals surface area contributed by atoms with Crippen LogP contribution in [-0.4, -0.2) is 40.9 Å². The first-order valence-corrected chi connectivity index (χ1v) is 6.13. The second-order valence-corrected chi connectivity index (χ2v) is 4.07. The number of nitro benzene ring substituents is 1. The maximum atomic E-state index is 11.0. The molecule has 0 amide bonds. The molecule has 1 rings (SSSR count). The molecule has 0 aliphatic carbocycles. The number of nitrogens with zero attached hydrogens (tertiary/aromatic N) is 1. The molecule has 0 radical (unpaired) electrons. The number of rotatable bonds is 8. The number of aliphatic hydroxyl groups excluding tert-OH is 2. The van der Waals surface area contributed by atoms with Gasteiger partial charge in [0.25, 0.3) is 5.69 Å². The van der Waals surface area contributed by atoms with E-state index in [9.17, 15) is 10.1 Å². The topological polar surface area (TPSA) is 108 Å². The number of nitrogens with one attached hydrogen (secondary N) is 2. The molecule has 0 spiro atoms. The van der Waals surface area contributed by atoms with Gasteiger partial charge >= 0.3 is 0 Å². The van der Waals surface area contributed by atoms with Crippen LogP contribution in [0.4, 0.5) is 17.1 Å². The van der Waals surface area contributed by atoms with Crippen LogP contribution in [0.2, 0.25) is 0 Å². The van der Waals surface area contributed by atoms with Crippen molar-refractivity contribution in [2.45, 2.75) is 19.4 Å². The molecule has 1 atom stereocenters. The van der Waals surface area contributed by atoms with E-state index in [2.05, 4.69) is 10.6 Å². The lowest BCUT2D eigenvalue weighted by Gasteiger charge is -2.16. The van der Waals surface area contributed by atoms with E-state index in [1.807, 2.05) is 6.92 Å². The van der Waals surface area contributed by atoms with Gasteiger partial charge in [0.1, 0.15) is 5.69 Å². The Morgan fingerprint density at radius 1 is 1.40 bits per heavy atom. The van der Waals surface area contributed by atoms with Gasteiger partial charge in [0.05, 0.1) is 18.1 Å². The van der Waals surface area contributed by atoms with Gasteiger partial charge in [-0.05, 0) is 18.6 Å². The van der Waals surface area contributed by atoms with Crippen LogP contribution in [-0.2, 0) is 0 Å². The van der Waals surface area contributed by atoms with Crippen LogP contribution in [0.25, 0.3) is 0 Å². The van der Waals surface area contributed by atoms with Crippen molar-refractivity contribution < 1.29 is 15.1 Å². The zero-order valence-corrected chi connectivity index (χ0v) is 12.0. The SMILES string of the molecule is CCC(CO)Nc1ccc(NCCO)c([N+](=O)[O-])c1.Cl. The summed E-state index contributed by atoms with van der Waals surface area (Å²) >= 11 is 0. The molecular weight excluding hydrogens is 286 g/mol. The Morgan fingerprint density at radius 2 is 2.10 bits per heavy atom. The van der Waals surface area contributed by atoms with Gasteiger partial charge in [-0.1, -0.05) is 6.92 Å². The Morgan fingerprint density at radius 3 is 2.60 bits per heavy atom. The maximum Gasteiger partial charge on any atom is 0.294 e. The van der Waals surface area contributed by atoms with E-state index in [4.69, 9.17) is 10.2 Å². The third-order valence-corrected chi connectivity index (χ3v) is 2.71. The summed E-state index contributed by atoms with van der Waals surface area (Å²) in [5.74, 6) is 0. The minimum atomic E-state index is -0.481. The van der Waals surface area contributed by atoms with E-state index in [0.717, 1.165) is 6.42 Å². The molecule has 8 heteroatoms. The molecule has 1 unspecified atom stereocenters. The van der Waals surface area contributed by atoms with Gasteiger partial charge in [0.2, 0.25) is 0 Å². The molecule has 1 aromatic carbocycles. The molecule has 0 bridgehead atoms. The molecule has 0 aromatic heterocycles. The second-order valence-electron chi connectivity index (χ2n) is 4.07. The van der Waals surface area contributed by atoms with Crippen LogP contribution in [0.1, 0.15) is 13.3 Å². The van der Waals surface area contributed by atoms with E-state index >= 15 is 0 Å². The van der Waals surface area contributed by atoms with Gasteiger partial charge in [-0.15, -0.1) is 12.4 Å². The first kappa shape index (κ1) is 18.4. The Bertz CT molecular complexity index is 427. The number of nitro groups is 1. The van der Waals surface area contributed by atoms with Crippen molar-refractivity contribution in [3.63, 3.8) is 0 Å². The number of aliphatic hydroxyl groups is 2. The minimum Gasteiger partial charge on any atom is -0.395 e. The van der Waals surface area contributed by atoms with Crippen molar-refractivity contribution in [3.8, 4) is 0 Å².